The molecule has 2 heterocycles. The second-order valence-corrected chi connectivity index (χ2v) is 5.74. The molecule has 1 N–H and O–H groups in total. The summed E-state index contributed by atoms with van der Waals surface area (Å²) in [7, 11) is 0. The number of rotatable bonds is 4. The number of hydrogen-bond donors (Lipinski definition) is 1. The molecule has 24 heavy (non-hydrogen) atoms. The molecule has 0 saturated heterocycles. The topological polar surface area (TPSA) is 59.5 Å². The summed E-state index contributed by atoms with van der Waals surface area (Å²) in [6.07, 6.45) is 3.48. The van der Waals surface area contributed by atoms with Gasteiger partial charge < -0.3 is 9.13 Å². The summed E-state index contributed by atoms with van der Waals surface area (Å²) in [5, 5.41) is 8.43. The fraction of sp³-hybridized carbons (Fsp3) is 0.105. The molecular formula is C19H17N5. The highest BCUT2D eigenvalue weighted by Gasteiger charge is 2.09. The highest BCUT2D eigenvalue weighted by atomic mass is 15.1. The molecule has 0 aliphatic heterocycles. The molecule has 0 saturated carbocycles. The van der Waals surface area contributed by atoms with E-state index in [4.69, 9.17) is 5.41 Å². The van der Waals surface area contributed by atoms with Gasteiger partial charge in [-0.2, -0.15) is 0 Å². The molecule has 5 heteroatoms. The Hall–Kier alpha value is -3.21. The number of nitrogens with zero attached hydrogens (tertiary/aromatic N) is 4. The summed E-state index contributed by atoms with van der Waals surface area (Å²) in [6, 6.07) is 20.3. The first-order chi connectivity index (χ1) is 11.8. The highest BCUT2D eigenvalue weighted by Crippen LogP contribution is 2.09. The fourth-order valence-corrected chi connectivity index (χ4v) is 2.79. The Balaban J connectivity index is 1.69. The van der Waals surface area contributed by atoms with Crippen LogP contribution in [0.5, 0.6) is 0 Å². The van der Waals surface area contributed by atoms with E-state index in [0.717, 1.165) is 11.2 Å². The SMILES string of the molecule is N=c1c2ncn(Cc3ccccc3)c2ncn1Cc1ccccc1. The lowest BCUT2D eigenvalue weighted by atomic mass is 10.2. The lowest BCUT2D eigenvalue weighted by Crippen LogP contribution is -2.22. The van der Waals surface area contributed by atoms with Crippen molar-refractivity contribution in [3.8, 4) is 0 Å². The van der Waals surface area contributed by atoms with Crippen molar-refractivity contribution in [3.05, 3.63) is 89.9 Å². The highest BCUT2D eigenvalue weighted by molar-refractivity contribution is 5.68. The van der Waals surface area contributed by atoms with Gasteiger partial charge in [0.2, 0.25) is 0 Å². The molecule has 4 aromatic rings. The van der Waals surface area contributed by atoms with Crippen LogP contribution >= 0.6 is 0 Å². The normalized spacial score (nSPS) is 11.0. The molecule has 0 bridgehead atoms. The first-order valence-electron chi connectivity index (χ1n) is 7.84. The Morgan fingerprint density at radius 2 is 1.25 bits per heavy atom. The summed E-state index contributed by atoms with van der Waals surface area (Å²) in [5.74, 6) is 0. The Kier molecular flexibility index (Phi) is 3.67. The first-order valence-corrected chi connectivity index (χ1v) is 7.84. The molecule has 0 radical (unpaired) electrons. The van der Waals surface area contributed by atoms with Gasteiger partial charge in [0.15, 0.2) is 11.1 Å². The number of hydrogen-bond acceptors (Lipinski definition) is 3. The van der Waals surface area contributed by atoms with Crippen LogP contribution in [0.4, 0.5) is 0 Å². The summed E-state index contributed by atoms with van der Waals surface area (Å²) < 4.78 is 3.80. The van der Waals surface area contributed by atoms with E-state index in [1.165, 1.54) is 5.56 Å². The van der Waals surface area contributed by atoms with Gasteiger partial charge in [-0.3, -0.25) is 5.41 Å². The Morgan fingerprint density at radius 1 is 0.708 bits per heavy atom. The van der Waals surface area contributed by atoms with Crippen molar-refractivity contribution in [3.63, 3.8) is 0 Å². The van der Waals surface area contributed by atoms with Crippen LogP contribution in [0.2, 0.25) is 0 Å². The van der Waals surface area contributed by atoms with Crippen LogP contribution in [0.25, 0.3) is 11.2 Å². The van der Waals surface area contributed by atoms with Crippen molar-refractivity contribution < 1.29 is 0 Å². The molecule has 0 amide bonds. The van der Waals surface area contributed by atoms with E-state index < -0.39 is 0 Å². The third-order valence-electron chi connectivity index (χ3n) is 4.03. The van der Waals surface area contributed by atoms with Crippen LogP contribution in [-0.4, -0.2) is 19.1 Å². The van der Waals surface area contributed by atoms with E-state index in [1.54, 1.807) is 12.7 Å². The first kappa shape index (κ1) is 14.4. The van der Waals surface area contributed by atoms with Crippen LogP contribution < -0.4 is 5.49 Å². The second kappa shape index (κ2) is 6.12. The monoisotopic (exact) mass is 315 g/mol. The Bertz CT molecular complexity index is 1020. The minimum atomic E-state index is 0.385. The maximum atomic E-state index is 8.43. The second-order valence-electron chi connectivity index (χ2n) is 5.74. The minimum Gasteiger partial charge on any atom is -0.311 e. The Labute approximate surface area is 139 Å². The number of aromatic nitrogens is 4. The third-order valence-corrected chi connectivity index (χ3v) is 4.03. The van der Waals surface area contributed by atoms with E-state index in [1.807, 2.05) is 57.7 Å². The van der Waals surface area contributed by atoms with Gasteiger partial charge in [-0.05, 0) is 11.1 Å². The number of fused-ring (bicyclic) bond motifs is 1. The summed E-state index contributed by atoms with van der Waals surface area (Å²) in [5.41, 5.74) is 4.08. The molecule has 4 rings (SSSR count). The van der Waals surface area contributed by atoms with Gasteiger partial charge in [-0.1, -0.05) is 60.7 Å². The molecule has 118 valence electrons. The molecule has 0 fully saturated rings. The van der Waals surface area contributed by atoms with Crippen molar-refractivity contribution in [1.82, 2.24) is 19.1 Å². The van der Waals surface area contributed by atoms with Gasteiger partial charge in [-0.25, -0.2) is 9.97 Å². The zero-order chi connectivity index (χ0) is 16.4. The molecule has 0 spiro atoms. The maximum Gasteiger partial charge on any atom is 0.165 e. The molecule has 2 aromatic heterocycles. The predicted octanol–water partition coefficient (Wildman–Crippen LogP) is 2.81. The van der Waals surface area contributed by atoms with Crippen molar-refractivity contribution in [2.75, 3.05) is 0 Å². The average Bonchev–Trinajstić information content (AvgIpc) is 3.03. The molecule has 0 aliphatic carbocycles. The number of benzene rings is 2. The van der Waals surface area contributed by atoms with Crippen LogP contribution in [-0.2, 0) is 13.1 Å². The molecule has 0 aliphatic rings. The molecular weight excluding hydrogens is 298 g/mol. The van der Waals surface area contributed by atoms with Crippen molar-refractivity contribution in [1.29, 1.82) is 5.41 Å². The van der Waals surface area contributed by atoms with Crippen molar-refractivity contribution in [2.24, 2.45) is 0 Å². The molecule has 2 aromatic carbocycles. The molecule has 0 atom stereocenters. The van der Waals surface area contributed by atoms with Crippen molar-refractivity contribution in [2.45, 2.75) is 13.1 Å². The maximum absolute atomic E-state index is 8.43. The molecule has 5 nitrogen and oxygen atoms in total. The lowest BCUT2D eigenvalue weighted by molar-refractivity contribution is 0.717. The largest absolute Gasteiger partial charge is 0.311 e. The van der Waals surface area contributed by atoms with Crippen LogP contribution in [0.1, 0.15) is 11.1 Å². The van der Waals surface area contributed by atoms with E-state index >= 15 is 0 Å². The van der Waals surface area contributed by atoms with Crippen LogP contribution in [0.15, 0.2) is 73.3 Å². The van der Waals surface area contributed by atoms with Gasteiger partial charge in [0.05, 0.1) is 25.7 Å². The zero-order valence-corrected chi connectivity index (χ0v) is 13.1. The average molecular weight is 315 g/mol. The van der Waals surface area contributed by atoms with Gasteiger partial charge in [0, 0.05) is 0 Å². The smallest absolute Gasteiger partial charge is 0.165 e. The quantitative estimate of drug-likeness (QED) is 0.629. The number of imidazole rings is 1. The van der Waals surface area contributed by atoms with Crippen molar-refractivity contribution >= 4 is 11.2 Å². The minimum absolute atomic E-state index is 0.385. The van der Waals surface area contributed by atoms with Gasteiger partial charge in [-0.15, -0.1) is 0 Å². The number of nitrogens with one attached hydrogen (secondary N) is 1. The van der Waals surface area contributed by atoms with E-state index in [0.29, 0.717) is 24.1 Å². The lowest BCUT2D eigenvalue weighted by Gasteiger charge is -2.08. The summed E-state index contributed by atoms with van der Waals surface area (Å²) >= 11 is 0. The zero-order valence-electron chi connectivity index (χ0n) is 13.1. The van der Waals surface area contributed by atoms with E-state index in [2.05, 4.69) is 22.1 Å². The van der Waals surface area contributed by atoms with Gasteiger partial charge >= 0.3 is 0 Å². The van der Waals surface area contributed by atoms with Crippen LogP contribution in [0.3, 0.4) is 0 Å². The van der Waals surface area contributed by atoms with Gasteiger partial charge in [0.25, 0.3) is 0 Å². The third kappa shape index (κ3) is 2.72. The van der Waals surface area contributed by atoms with E-state index in [-0.39, 0.29) is 0 Å². The standard InChI is InChI=1S/C19H17N5/c20-18-17-19(22-14-23(18)11-15-7-3-1-4-8-15)24(13-21-17)12-16-9-5-2-6-10-16/h1-10,13-14,20H,11-12H2. The Morgan fingerprint density at radius 3 is 1.88 bits per heavy atom. The van der Waals surface area contributed by atoms with E-state index in [9.17, 15) is 0 Å². The van der Waals surface area contributed by atoms with Crippen LogP contribution in [0, 0.1) is 5.41 Å². The molecule has 0 unspecified atom stereocenters. The van der Waals surface area contributed by atoms with Gasteiger partial charge in [0.1, 0.15) is 5.52 Å². The fourth-order valence-electron chi connectivity index (χ4n) is 2.79. The summed E-state index contributed by atoms with van der Waals surface area (Å²) in [6.45, 7) is 1.32. The predicted molar refractivity (Wildman–Crippen MR) is 92.5 cm³/mol. The summed E-state index contributed by atoms with van der Waals surface area (Å²) in [4.78, 5) is 8.95.